The molecule has 0 aliphatic carbocycles. The first-order valence-corrected chi connectivity index (χ1v) is 7.49. The van der Waals surface area contributed by atoms with Crippen molar-refractivity contribution in [2.24, 2.45) is 0 Å². The third-order valence-electron chi connectivity index (χ3n) is 3.20. The third kappa shape index (κ3) is 3.90. The minimum atomic E-state index is -0.0226. The van der Waals surface area contributed by atoms with E-state index in [1.165, 1.54) is 19.3 Å². The number of aromatic nitrogens is 3. The van der Waals surface area contributed by atoms with Crippen LogP contribution in [0, 0.1) is 4.64 Å². The smallest absolute Gasteiger partial charge is 0.226 e. The molecule has 0 radical (unpaired) electrons. The van der Waals surface area contributed by atoms with E-state index in [-0.39, 0.29) is 5.91 Å². The van der Waals surface area contributed by atoms with E-state index in [9.17, 15) is 4.79 Å². The van der Waals surface area contributed by atoms with Gasteiger partial charge in [-0.05, 0) is 12.5 Å². The fourth-order valence-corrected chi connectivity index (χ4v) is 2.36. The van der Waals surface area contributed by atoms with Gasteiger partial charge in [0, 0.05) is 12.6 Å². The minimum absolute atomic E-state index is 0.0226. The van der Waals surface area contributed by atoms with E-state index in [1.807, 2.05) is 6.07 Å². The van der Waals surface area contributed by atoms with Crippen molar-refractivity contribution in [2.45, 2.75) is 45.4 Å². The number of H-pyrrole nitrogens is 2. The molecule has 0 atom stereocenters. The quantitative estimate of drug-likeness (QED) is 0.535. The van der Waals surface area contributed by atoms with Crippen molar-refractivity contribution in [1.82, 2.24) is 15.0 Å². The number of nitrogens with zero attached hydrogens (tertiary/aromatic N) is 1. The monoisotopic (exact) mass is 292 g/mol. The van der Waals surface area contributed by atoms with Crippen LogP contribution in [0.5, 0.6) is 0 Å². The summed E-state index contributed by atoms with van der Waals surface area (Å²) in [5.41, 5.74) is 0.781. The van der Waals surface area contributed by atoms with E-state index in [1.54, 1.807) is 6.20 Å². The third-order valence-corrected chi connectivity index (χ3v) is 3.51. The topological polar surface area (TPSA) is 73.6 Å². The van der Waals surface area contributed by atoms with Crippen LogP contribution in [0.25, 0.3) is 11.0 Å². The van der Waals surface area contributed by atoms with E-state index in [0.717, 1.165) is 23.9 Å². The number of anilines is 1. The normalized spacial score (nSPS) is 10.8. The molecule has 20 heavy (non-hydrogen) atoms. The molecule has 3 N–H and O–H groups in total. The predicted octanol–water partition coefficient (Wildman–Crippen LogP) is 3.92. The second-order valence-electron chi connectivity index (χ2n) is 4.87. The maximum atomic E-state index is 11.8. The van der Waals surface area contributed by atoms with Gasteiger partial charge in [0.15, 0.2) is 0 Å². The van der Waals surface area contributed by atoms with Crippen LogP contribution < -0.4 is 5.32 Å². The summed E-state index contributed by atoms with van der Waals surface area (Å²) in [6.45, 7) is 2.18. The standard InChI is InChI=1S/C14H20N4OS/c1-2-3-4-5-6-7-11(19)16-14-17-12-10(8-9-15-12)13(20)18-14/h8-9H,2-7H2,1H3,(H3,15,16,17,18,19,20). The predicted molar refractivity (Wildman–Crippen MR) is 83.3 cm³/mol. The van der Waals surface area contributed by atoms with Gasteiger partial charge in [0.2, 0.25) is 11.9 Å². The Morgan fingerprint density at radius 1 is 1.35 bits per heavy atom. The molecule has 0 unspecified atom stereocenters. The van der Waals surface area contributed by atoms with Gasteiger partial charge in [-0.2, -0.15) is 0 Å². The van der Waals surface area contributed by atoms with Crippen LogP contribution in [-0.2, 0) is 4.79 Å². The van der Waals surface area contributed by atoms with Crippen LogP contribution in [-0.4, -0.2) is 20.9 Å². The molecule has 2 heterocycles. The Kier molecular flexibility index (Phi) is 5.29. The first-order chi connectivity index (χ1) is 9.70. The van der Waals surface area contributed by atoms with Crippen LogP contribution in [0.15, 0.2) is 12.3 Å². The molecule has 0 spiro atoms. The number of amides is 1. The Bertz CT molecular complexity index is 631. The van der Waals surface area contributed by atoms with Gasteiger partial charge >= 0.3 is 0 Å². The lowest BCUT2D eigenvalue weighted by atomic mass is 10.1. The van der Waals surface area contributed by atoms with Gasteiger partial charge < -0.3 is 9.97 Å². The Morgan fingerprint density at radius 2 is 2.15 bits per heavy atom. The largest absolute Gasteiger partial charge is 0.348 e. The van der Waals surface area contributed by atoms with Crippen LogP contribution in [0.4, 0.5) is 5.95 Å². The summed E-state index contributed by atoms with van der Waals surface area (Å²) in [6, 6.07) is 1.86. The number of hydrogen-bond donors (Lipinski definition) is 3. The number of hydrogen-bond acceptors (Lipinski definition) is 3. The van der Waals surface area contributed by atoms with Gasteiger partial charge in [0.25, 0.3) is 0 Å². The van der Waals surface area contributed by atoms with E-state index in [4.69, 9.17) is 12.2 Å². The molecule has 5 nitrogen and oxygen atoms in total. The summed E-state index contributed by atoms with van der Waals surface area (Å²) < 4.78 is 0.484. The second kappa shape index (κ2) is 7.19. The van der Waals surface area contributed by atoms with Crippen molar-refractivity contribution in [3.63, 3.8) is 0 Å². The lowest BCUT2D eigenvalue weighted by molar-refractivity contribution is -0.116. The van der Waals surface area contributed by atoms with Crippen molar-refractivity contribution in [3.05, 3.63) is 16.9 Å². The number of rotatable bonds is 7. The summed E-state index contributed by atoms with van der Waals surface area (Å²) in [5.74, 6) is 0.383. The van der Waals surface area contributed by atoms with Crippen molar-refractivity contribution < 1.29 is 4.79 Å². The number of carbonyl (C=O) groups excluding carboxylic acids is 1. The Morgan fingerprint density at radius 3 is 2.95 bits per heavy atom. The molecule has 0 aliphatic rings. The van der Waals surface area contributed by atoms with Gasteiger partial charge in [-0.25, -0.2) is 4.98 Å². The zero-order valence-corrected chi connectivity index (χ0v) is 12.5. The van der Waals surface area contributed by atoms with E-state index < -0.39 is 0 Å². The average molecular weight is 292 g/mol. The highest BCUT2D eigenvalue weighted by Crippen LogP contribution is 2.13. The summed E-state index contributed by atoms with van der Waals surface area (Å²) in [5, 5.41) is 3.62. The molecule has 0 aromatic carbocycles. The zero-order valence-electron chi connectivity index (χ0n) is 11.7. The van der Waals surface area contributed by atoms with Gasteiger partial charge in [-0.1, -0.05) is 44.8 Å². The SMILES string of the molecule is CCCCCCCC(=O)Nc1nc(=S)c2cc[nH]c2[nH]1. The molecule has 0 aliphatic heterocycles. The molecule has 0 fully saturated rings. The Balaban J connectivity index is 1.88. The highest BCUT2D eigenvalue weighted by Gasteiger charge is 2.06. The first kappa shape index (κ1) is 14.7. The fraction of sp³-hybridized carbons (Fsp3) is 0.500. The number of fused-ring (bicyclic) bond motifs is 1. The summed E-state index contributed by atoms with van der Waals surface area (Å²) in [6.07, 6.45) is 7.96. The summed E-state index contributed by atoms with van der Waals surface area (Å²) >= 11 is 5.18. The van der Waals surface area contributed by atoms with Crippen LogP contribution in [0.3, 0.4) is 0 Å². The number of nitrogens with one attached hydrogen (secondary N) is 3. The number of aromatic amines is 2. The minimum Gasteiger partial charge on any atom is -0.348 e. The van der Waals surface area contributed by atoms with E-state index in [0.29, 0.717) is 17.0 Å². The lowest BCUT2D eigenvalue weighted by Gasteiger charge is -2.05. The number of unbranched alkanes of at least 4 members (excludes halogenated alkanes) is 4. The summed E-state index contributed by atoms with van der Waals surface area (Å²) in [4.78, 5) is 22.0. The molecule has 2 aromatic heterocycles. The molecule has 0 saturated carbocycles. The number of carbonyl (C=O) groups is 1. The first-order valence-electron chi connectivity index (χ1n) is 7.08. The Labute approximate surface area is 123 Å². The van der Waals surface area contributed by atoms with Crippen molar-refractivity contribution >= 4 is 35.1 Å². The van der Waals surface area contributed by atoms with Crippen LogP contribution in [0.2, 0.25) is 0 Å². The maximum absolute atomic E-state index is 11.8. The lowest BCUT2D eigenvalue weighted by Crippen LogP contribution is -2.13. The molecule has 0 bridgehead atoms. The Hall–Kier alpha value is -1.69. The van der Waals surface area contributed by atoms with Gasteiger partial charge in [-0.3, -0.25) is 10.1 Å². The molecule has 2 rings (SSSR count). The molecule has 0 saturated heterocycles. The fourth-order valence-electron chi connectivity index (χ4n) is 2.10. The highest BCUT2D eigenvalue weighted by atomic mass is 32.1. The molecular weight excluding hydrogens is 272 g/mol. The molecular formula is C14H20N4OS. The molecule has 6 heteroatoms. The highest BCUT2D eigenvalue weighted by molar-refractivity contribution is 7.71. The van der Waals surface area contributed by atoms with E-state index in [2.05, 4.69) is 27.2 Å². The van der Waals surface area contributed by atoms with Crippen LogP contribution >= 0.6 is 12.2 Å². The van der Waals surface area contributed by atoms with Gasteiger partial charge in [0.1, 0.15) is 10.3 Å². The van der Waals surface area contributed by atoms with Crippen molar-refractivity contribution in [3.8, 4) is 0 Å². The van der Waals surface area contributed by atoms with Crippen molar-refractivity contribution in [1.29, 1.82) is 0 Å². The zero-order chi connectivity index (χ0) is 14.4. The van der Waals surface area contributed by atoms with E-state index >= 15 is 0 Å². The molecule has 108 valence electrons. The van der Waals surface area contributed by atoms with Crippen LogP contribution in [0.1, 0.15) is 45.4 Å². The second-order valence-corrected chi connectivity index (χ2v) is 5.26. The van der Waals surface area contributed by atoms with Crippen molar-refractivity contribution in [2.75, 3.05) is 5.32 Å². The maximum Gasteiger partial charge on any atom is 0.226 e. The molecule has 1 amide bonds. The molecule has 2 aromatic rings. The summed E-state index contributed by atoms with van der Waals surface area (Å²) in [7, 11) is 0. The van der Waals surface area contributed by atoms with Gasteiger partial charge in [-0.15, -0.1) is 0 Å². The average Bonchev–Trinajstić information content (AvgIpc) is 2.87. The van der Waals surface area contributed by atoms with Gasteiger partial charge in [0.05, 0.1) is 5.39 Å².